The molecule has 0 bridgehead atoms. The second kappa shape index (κ2) is 7.82. The molecule has 0 unspecified atom stereocenters. The van der Waals surface area contributed by atoms with Crippen molar-refractivity contribution in [3.05, 3.63) is 22.9 Å². The lowest BCUT2D eigenvalue weighted by atomic mass is 9.96. The third-order valence-electron chi connectivity index (χ3n) is 6.07. The number of hydrogen-bond acceptors (Lipinski definition) is 6. The average Bonchev–Trinajstić information content (AvgIpc) is 3.50. The molecule has 152 valence electrons. The topological polar surface area (TPSA) is 115 Å². The SMILES string of the molecule is N#Cc1cc(C(=O)C2CC2)c(CN2CCCC2=O)nc1N1CCC(C(=O)O)CC1. The maximum Gasteiger partial charge on any atom is 0.306 e. The van der Waals surface area contributed by atoms with Crippen molar-refractivity contribution >= 4 is 23.5 Å². The van der Waals surface area contributed by atoms with Gasteiger partial charge in [0.1, 0.15) is 11.9 Å². The van der Waals surface area contributed by atoms with E-state index in [9.17, 15) is 24.8 Å². The molecule has 1 aromatic rings. The number of nitrogens with zero attached hydrogens (tertiary/aromatic N) is 4. The third-order valence-corrected chi connectivity index (χ3v) is 6.07. The summed E-state index contributed by atoms with van der Waals surface area (Å²) >= 11 is 0. The minimum absolute atomic E-state index is 0.00599. The van der Waals surface area contributed by atoms with Gasteiger partial charge < -0.3 is 14.9 Å². The number of carboxylic acid groups (broad SMARTS) is 1. The molecule has 0 atom stereocenters. The van der Waals surface area contributed by atoms with Crippen molar-refractivity contribution in [2.75, 3.05) is 24.5 Å². The lowest BCUT2D eigenvalue weighted by molar-refractivity contribution is -0.142. The summed E-state index contributed by atoms with van der Waals surface area (Å²) in [5.74, 6) is -0.624. The second-order valence-electron chi connectivity index (χ2n) is 8.12. The highest BCUT2D eigenvalue weighted by Gasteiger charge is 2.35. The summed E-state index contributed by atoms with van der Waals surface area (Å²) in [6.45, 7) is 1.92. The summed E-state index contributed by atoms with van der Waals surface area (Å²) in [5, 5.41) is 18.9. The molecular weight excluding hydrogens is 372 g/mol. The van der Waals surface area contributed by atoms with Gasteiger partial charge in [-0.15, -0.1) is 0 Å². The van der Waals surface area contributed by atoms with E-state index in [1.54, 1.807) is 11.0 Å². The minimum Gasteiger partial charge on any atom is -0.481 e. The van der Waals surface area contributed by atoms with Gasteiger partial charge in [0.15, 0.2) is 5.78 Å². The first-order valence-electron chi connectivity index (χ1n) is 10.2. The Kier molecular flexibility index (Phi) is 5.22. The van der Waals surface area contributed by atoms with Crippen LogP contribution in [-0.2, 0) is 16.1 Å². The van der Waals surface area contributed by atoms with Gasteiger partial charge in [-0.25, -0.2) is 4.98 Å². The Labute approximate surface area is 169 Å². The molecule has 0 radical (unpaired) electrons. The largest absolute Gasteiger partial charge is 0.481 e. The molecule has 1 aromatic heterocycles. The molecule has 3 aliphatic rings. The van der Waals surface area contributed by atoms with Crippen LogP contribution in [0.4, 0.5) is 5.82 Å². The molecule has 3 heterocycles. The van der Waals surface area contributed by atoms with E-state index in [0.717, 1.165) is 19.3 Å². The first-order chi connectivity index (χ1) is 14.0. The van der Waals surface area contributed by atoms with Gasteiger partial charge in [0.2, 0.25) is 5.91 Å². The van der Waals surface area contributed by atoms with Crippen LogP contribution in [0.15, 0.2) is 6.07 Å². The standard InChI is InChI=1S/C21H24N4O4/c22-11-15-10-16(19(27)13-3-4-13)17(12-25-7-1-2-18(25)26)23-20(15)24-8-5-14(6-9-24)21(28)29/h10,13-14H,1-9,12H2,(H,28,29). The van der Waals surface area contributed by atoms with E-state index in [1.165, 1.54) is 0 Å². The van der Waals surface area contributed by atoms with Crippen molar-refractivity contribution in [2.45, 2.75) is 45.1 Å². The van der Waals surface area contributed by atoms with Gasteiger partial charge in [0.05, 0.1) is 23.7 Å². The van der Waals surface area contributed by atoms with Gasteiger partial charge in [-0.3, -0.25) is 14.4 Å². The van der Waals surface area contributed by atoms with Crippen molar-refractivity contribution in [3.8, 4) is 6.07 Å². The molecule has 8 heteroatoms. The number of likely N-dealkylation sites (tertiary alicyclic amines) is 1. The maximum atomic E-state index is 12.8. The number of anilines is 1. The van der Waals surface area contributed by atoms with Gasteiger partial charge in [0, 0.05) is 37.5 Å². The summed E-state index contributed by atoms with van der Waals surface area (Å²) in [7, 11) is 0. The Bertz CT molecular complexity index is 895. The molecule has 2 aliphatic heterocycles. The van der Waals surface area contributed by atoms with E-state index in [0.29, 0.717) is 61.5 Å². The number of carbonyl (C=O) groups excluding carboxylic acids is 2. The van der Waals surface area contributed by atoms with Gasteiger partial charge in [-0.1, -0.05) is 0 Å². The smallest absolute Gasteiger partial charge is 0.306 e. The average molecular weight is 396 g/mol. The fourth-order valence-electron chi connectivity index (χ4n) is 4.15. The highest BCUT2D eigenvalue weighted by Crippen LogP contribution is 2.35. The molecule has 4 rings (SSSR count). The van der Waals surface area contributed by atoms with Crippen LogP contribution in [0.1, 0.15) is 60.1 Å². The normalized spacial score (nSPS) is 20.0. The van der Waals surface area contributed by atoms with Crippen LogP contribution in [0.5, 0.6) is 0 Å². The minimum atomic E-state index is -0.795. The number of carbonyl (C=O) groups is 3. The summed E-state index contributed by atoms with van der Waals surface area (Å²) in [6, 6.07) is 3.78. The predicted molar refractivity (Wildman–Crippen MR) is 103 cm³/mol. The number of aromatic nitrogens is 1. The number of rotatable bonds is 6. The van der Waals surface area contributed by atoms with E-state index < -0.39 is 5.97 Å². The van der Waals surface area contributed by atoms with Crippen LogP contribution in [0.2, 0.25) is 0 Å². The summed E-state index contributed by atoms with van der Waals surface area (Å²) in [4.78, 5) is 44.5. The highest BCUT2D eigenvalue weighted by atomic mass is 16.4. The highest BCUT2D eigenvalue weighted by molar-refractivity contribution is 6.01. The predicted octanol–water partition coefficient (Wildman–Crippen LogP) is 1.97. The first kappa shape index (κ1) is 19.4. The molecule has 29 heavy (non-hydrogen) atoms. The number of pyridine rings is 1. The monoisotopic (exact) mass is 396 g/mol. The Morgan fingerprint density at radius 1 is 1.17 bits per heavy atom. The number of Topliss-reactive ketones (excluding diaryl/α,β-unsaturated/α-hetero) is 1. The zero-order valence-corrected chi connectivity index (χ0v) is 16.3. The van der Waals surface area contributed by atoms with Gasteiger partial charge >= 0.3 is 5.97 Å². The van der Waals surface area contributed by atoms with E-state index in [1.807, 2.05) is 4.90 Å². The summed E-state index contributed by atoms with van der Waals surface area (Å²) in [5.41, 5.74) is 1.33. The van der Waals surface area contributed by atoms with Gasteiger partial charge in [-0.2, -0.15) is 5.26 Å². The molecule has 1 aliphatic carbocycles. The summed E-state index contributed by atoms with van der Waals surface area (Å²) in [6.07, 6.45) is 4.00. The summed E-state index contributed by atoms with van der Waals surface area (Å²) < 4.78 is 0. The van der Waals surface area contributed by atoms with Crippen LogP contribution >= 0.6 is 0 Å². The zero-order valence-electron chi connectivity index (χ0n) is 16.3. The van der Waals surface area contributed by atoms with E-state index >= 15 is 0 Å². The van der Waals surface area contributed by atoms with Crippen LogP contribution in [0.3, 0.4) is 0 Å². The van der Waals surface area contributed by atoms with E-state index in [2.05, 4.69) is 6.07 Å². The van der Waals surface area contributed by atoms with Crippen LogP contribution in [0, 0.1) is 23.2 Å². The number of carboxylic acids is 1. The lowest BCUT2D eigenvalue weighted by Gasteiger charge is -2.32. The van der Waals surface area contributed by atoms with E-state index in [-0.39, 0.29) is 30.1 Å². The maximum absolute atomic E-state index is 12.8. The van der Waals surface area contributed by atoms with E-state index in [4.69, 9.17) is 4.98 Å². The first-order valence-corrected chi connectivity index (χ1v) is 10.2. The molecule has 1 N–H and O–H groups in total. The van der Waals surface area contributed by atoms with Crippen molar-refractivity contribution < 1.29 is 19.5 Å². The number of piperidine rings is 1. The van der Waals surface area contributed by atoms with Crippen LogP contribution in [-0.4, -0.2) is 52.3 Å². The van der Waals surface area contributed by atoms with Crippen molar-refractivity contribution in [1.29, 1.82) is 5.26 Å². The number of aliphatic carboxylic acids is 1. The Morgan fingerprint density at radius 2 is 1.90 bits per heavy atom. The van der Waals surface area contributed by atoms with Crippen LogP contribution in [0.25, 0.3) is 0 Å². The molecule has 2 saturated heterocycles. The lowest BCUT2D eigenvalue weighted by Crippen LogP contribution is -2.37. The molecule has 0 spiro atoms. The van der Waals surface area contributed by atoms with Crippen molar-refractivity contribution in [2.24, 2.45) is 11.8 Å². The number of hydrogen-bond donors (Lipinski definition) is 1. The fourth-order valence-corrected chi connectivity index (χ4v) is 4.15. The number of nitriles is 1. The number of ketones is 1. The second-order valence-corrected chi connectivity index (χ2v) is 8.12. The molecule has 1 amide bonds. The van der Waals surface area contributed by atoms with Gasteiger partial charge in [0.25, 0.3) is 0 Å². The molecule has 3 fully saturated rings. The van der Waals surface area contributed by atoms with Crippen molar-refractivity contribution in [3.63, 3.8) is 0 Å². The molecule has 8 nitrogen and oxygen atoms in total. The number of amides is 1. The Hall–Kier alpha value is -2.95. The third kappa shape index (κ3) is 3.95. The van der Waals surface area contributed by atoms with Crippen molar-refractivity contribution in [1.82, 2.24) is 9.88 Å². The molecular formula is C21H24N4O4. The van der Waals surface area contributed by atoms with Gasteiger partial charge in [-0.05, 0) is 38.2 Å². The molecule has 0 aromatic carbocycles. The zero-order chi connectivity index (χ0) is 20.5. The quantitative estimate of drug-likeness (QED) is 0.731. The Morgan fingerprint density at radius 3 is 2.45 bits per heavy atom. The fraction of sp³-hybridized carbons (Fsp3) is 0.571. The molecule has 1 saturated carbocycles. The van der Waals surface area contributed by atoms with Crippen LogP contribution < -0.4 is 4.90 Å². The Balaban J connectivity index is 1.67.